The smallest absolute Gasteiger partial charge is 0.184 e. The van der Waals surface area contributed by atoms with E-state index in [1.807, 2.05) is 24.3 Å². The zero-order valence-corrected chi connectivity index (χ0v) is 11.5. The van der Waals surface area contributed by atoms with E-state index in [0.29, 0.717) is 19.1 Å². The molecule has 19 heavy (non-hydrogen) atoms. The Morgan fingerprint density at radius 3 is 2.53 bits per heavy atom. The fourth-order valence-corrected chi connectivity index (χ4v) is 2.51. The lowest BCUT2D eigenvalue weighted by Crippen LogP contribution is -2.51. The Morgan fingerprint density at radius 2 is 1.95 bits per heavy atom. The van der Waals surface area contributed by atoms with Crippen molar-refractivity contribution in [3.63, 3.8) is 0 Å². The van der Waals surface area contributed by atoms with Gasteiger partial charge in [0, 0.05) is 6.42 Å². The molecule has 0 aliphatic carbocycles. The van der Waals surface area contributed by atoms with Gasteiger partial charge in [-0.15, -0.1) is 6.58 Å². The van der Waals surface area contributed by atoms with Crippen LogP contribution in [0.2, 0.25) is 0 Å². The number of benzene rings is 1. The Bertz CT molecular complexity index is 398. The third-order valence-corrected chi connectivity index (χ3v) is 3.65. The minimum absolute atomic E-state index is 0.167. The van der Waals surface area contributed by atoms with Gasteiger partial charge in [0.1, 0.15) is 0 Å². The van der Waals surface area contributed by atoms with Gasteiger partial charge in [-0.1, -0.05) is 43.3 Å². The molecular formula is C16H23NO2. The average molecular weight is 261 g/mol. The van der Waals surface area contributed by atoms with Gasteiger partial charge in [0.15, 0.2) is 5.79 Å². The molecule has 0 amide bonds. The van der Waals surface area contributed by atoms with Crippen LogP contribution in [0.3, 0.4) is 0 Å². The zero-order valence-electron chi connectivity index (χ0n) is 11.5. The van der Waals surface area contributed by atoms with Gasteiger partial charge in [0.05, 0.1) is 19.3 Å². The molecule has 2 N–H and O–H groups in total. The average Bonchev–Trinajstić information content (AvgIpc) is 2.89. The van der Waals surface area contributed by atoms with E-state index in [0.717, 1.165) is 12.8 Å². The summed E-state index contributed by atoms with van der Waals surface area (Å²) in [6.45, 7) is 7.17. The van der Waals surface area contributed by atoms with Crippen LogP contribution in [0, 0.1) is 5.92 Å². The minimum atomic E-state index is -0.663. The van der Waals surface area contributed by atoms with Crippen LogP contribution in [0.5, 0.6) is 0 Å². The first-order valence-corrected chi connectivity index (χ1v) is 6.86. The first-order chi connectivity index (χ1) is 9.16. The minimum Gasteiger partial charge on any atom is -0.346 e. The molecule has 1 saturated heterocycles. The summed E-state index contributed by atoms with van der Waals surface area (Å²) in [5.74, 6) is -0.344. The van der Waals surface area contributed by atoms with Crippen molar-refractivity contribution in [3.8, 4) is 0 Å². The van der Waals surface area contributed by atoms with Crippen molar-refractivity contribution in [1.82, 2.24) is 0 Å². The number of hydrogen-bond donors (Lipinski definition) is 1. The van der Waals surface area contributed by atoms with E-state index in [9.17, 15) is 0 Å². The molecule has 3 nitrogen and oxygen atoms in total. The highest BCUT2D eigenvalue weighted by molar-refractivity contribution is 5.16. The van der Waals surface area contributed by atoms with Crippen LogP contribution in [0.4, 0.5) is 0 Å². The fourth-order valence-electron chi connectivity index (χ4n) is 2.51. The number of allylic oxidation sites excluding steroid dienone is 1. The Labute approximate surface area is 115 Å². The summed E-state index contributed by atoms with van der Waals surface area (Å²) in [4.78, 5) is 0. The Balaban J connectivity index is 2.08. The van der Waals surface area contributed by atoms with Crippen LogP contribution in [-0.4, -0.2) is 25.0 Å². The molecule has 1 aliphatic rings. The maximum absolute atomic E-state index is 6.36. The van der Waals surface area contributed by atoms with Gasteiger partial charge >= 0.3 is 0 Å². The Hall–Kier alpha value is -1.16. The van der Waals surface area contributed by atoms with E-state index in [2.05, 4.69) is 25.6 Å². The predicted octanol–water partition coefficient (Wildman–Crippen LogP) is 2.51. The molecule has 3 heteroatoms. The molecule has 1 aromatic rings. The summed E-state index contributed by atoms with van der Waals surface area (Å²) >= 11 is 0. The molecule has 1 aliphatic heterocycles. The molecule has 1 heterocycles. The normalized spacial score (nSPS) is 20.9. The van der Waals surface area contributed by atoms with Gasteiger partial charge in [-0.3, -0.25) is 0 Å². The highest BCUT2D eigenvalue weighted by Crippen LogP contribution is 2.31. The van der Waals surface area contributed by atoms with Crippen molar-refractivity contribution in [3.05, 3.63) is 48.6 Å². The van der Waals surface area contributed by atoms with Crippen LogP contribution >= 0.6 is 0 Å². The summed E-state index contributed by atoms with van der Waals surface area (Å²) in [7, 11) is 0. The van der Waals surface area contributed by atoms with Crippen molar-refractivity contribution >= 4 is 0 Å². The van der Waals surface area contributed by atoms with E-state index >= 15 is 0 Å². The third-order valence-electron chi connectivity index (χ3n) is 3.65. The molecule has 0 saturated carbocycles. The van der Waals surface area contributed by atoms with E-state index in [1.54, 1.807) is 0 Å². The summed E-state index contributed by atoms with van der Waals surface area (Å²) in [6.07, 6.45) is 3.43. The van der Waals surface area contributed by atoms with Gasteiger partial charge < -0.3 is 15.2 Å². The van der Waals surface area contributed by atoms with E-state index in [4.69, 9.17) is 15.2 Å². The topological polar surface area (TPSA) is 44.5 Å². The summed E-state index contributed by atoms with van der Waals surface area (Å²) in [6, 6.07) is 10.1. The molecule has 0 spiro atoms. The second kappa shape index (κ2) is 6.33. The molecule has 2 atom stereocenters. The van der Waals surface area contributed by atoms with Crippen LogP contribution in [0.25, 0.3) is 0 Å². The zero-order chi connectivity index (χ0) is 13.7. The number of rotatable bonds is 6. The lowest BCUT2D eigenvalue weighted by Gasteiger charge is -2.35. The predicted molar refractivity (Wildman–Crippen MR) is 76.7 cm³/mol. The molecule has 1 fully saturated rings. The van der Waals surface area contributed by atoms with Crippen molar-refractivity contribution in [2.75, 3.05) is 13.2 Å². The Kier molecular flexibility index (Phi) is 4.75. The summed E-state index contributed by atoms with van der Waals surface area (Å²) in [5, 5.41) is 0. The van der Waals surface area contributed by atoms with E-state index in [1.165, 1.54) is 5.56 Å². The van der Waals surface area contributed by atoms with Gasteiger partial charge in [-0.05, 0) is 17.9 Å². The maximum Gasteiger partial charge on any atom is 0.184 e. The van der Waals surface area contributed by atoms with E-state index in [-0.39, 0.29) is 6.04 Å². The highest BCUT2D eigenvalue weighted by Gasteiger charge is 2.43. The molecule has 0 radical (unpaired) electrons. The van der Waals surface area contributed by atoms with Gasteiger partial charge in [0.2, 0.25) is 0 Å². The van der Waals surface area contributed by atoms with Crippen LogP contribution in [0.15, 0.2) is 43.0 Å². The second-order valence-electron chi connectivity index (χ2n) is 5.22. The number of hydrogen-bond acceptors (Lipinski definition) is 3. The number of nitrogens with two attached hydrogens (primary N) is 1. The molecule has 2 rings (SSSR count). The summed E-state index contributed by atoms with van der Waals surface area (Å²) < 4.78 is 11.7. The van der Waals surface area contributed by atoms with Gasteiger partial charge in [-0.25, -0.2) is 0 Å². The fraction of sp³-hybridized carbons (Fsp3) is 0.500. The maximum atomic E-state index is 6.36. The van der Waals surface area contributed by atoms with Crippen LogP contribution in [0.1, 0.15) is 18.9 Å². The number of ether oxygens (including phenoxy) is 2. The second-order valence-corrected chi connectivity index (χ2v) is 5.22. The van der Waals surface area contributed by atoms with Crippen molar-refractivity contribution < 1.29 is 9.47 Å². The van der Waals surface area contributed by atoms with Crippen LogP contribution < -0.4 is 5.73 Å². The SMILES string of the molecule is C=C[C@@H](C)CC1([C@H](N)Cc2ccccc2)OCCO1. The molecule has 0 bridgehead atoms. The van der Waals surface area contributed by atoms with Gasteiger partial charge in [0.25, 0.3) is 0 Å². The van der Waals surface area contributed by atoms with E-state index < -0.39 is 5.79 Å². The molecule has 104 valence electrons. The van der Waals surface area contributed by atoms with Crippen molar-refractivity contribution in [2.24, 2.45) is 11.7 Å². The first-order valence-electron chi connectivity index (χ1n) is 6.86. The lowest BCUT2D eigenvalue weighted by atomic mass is 9.91. The largest absolute Gasteiger partial charge is 0.346 e. The molecular weight excluding hydrogens is 238 g/mol. The molecule has 1 aromatic carbocycles. The van der Waals surface area contributed by atoms with Crippen molar-refractivity contribution in [2.45, 2.75) is 31.6 Å². The van der Waals surface area contributed by atoms with Crippen LogP contribution in [-0.2, 0) is 15.9 Å². The summed E-state index contributed by atoms with van der Waals surface area (Å²) in [5.41, 5.74) is 7.57. The van der Waals surface area contributed by atoms with Crippen molar-refractivity contribution in [1.29, 1.82) is 0 Å². The Morgan fingerprint density at radius 1 is 1.32 bits per heavy atom. The quantitative estimate of drug-likeness (QED) is 0.800. The third kappa shape index (κ3) is 3.44. The van der Waals surface area contributed by atoms with Gasteiger partial charge in [-0.2, -0.15) is 0 Å². The monoisotopic (exact) mass is 261 g/mol. The molecule has 0 unspecified atom stereocenters. The standard InChI is InChI=1S/C16H23NO2/c1-3-13(2)12-16(18-9-10-19-16)15(17)11-14-7-5-4-6-8-14/h3-8,13,15H,1,9-12,17H2,2H3/t13-,15-/m1/s1. The molecule has 0 aromatic heterocycles. The lowest BCUT2D eigenvalue weighted by molar-refractivity contribution is -0.181. The first kappa shape index (κ1) is 14.3. The highest BCUT2D eigenvalue weighted by atomic mass is 16.7.